The van der Waals surface area contributed by atoms with E-state index < -0.39 is 0 Å². The van der Waals surface area contributed by atoms with E-state index in [-0.39, 0.29) is 0 Å². The lowest BCUT2D eigenvalue weighted by Crippen LogP contribution is -2.46. The Bertz CT molecular complexity index is 186. The molecule has 0 aromatic heterocycles. The van der Waals surface area contributed by atoms with Gasteiger partial charge in [-0.15, -0.1) is 0 Å². The van der Waals surface area contributed by atoms with Gasteiger partial charge in [-0.1, -0.05) is 40.5 Å². The first-order valence-electron chi connectivity index (χ1n) is 6.68. The quantitative estimate of drug-likeness (QED) is 0.745. The molecule has 0 saturated heterocycles. The first-order chi connectivity index (χ1) is 7.01. The minimum absolute atomic E-state index is 0.441. The third kappa shape index (κ3) is 3.21. The maximum atomic E-state index is 3.58. The van der Waals surface area contributed by atoms with Crippen molar-refractivity contribution in [3.63, 3.8) is 0 Å². The molecule has 1 nitrogen and oxygen atoms in total. The second-order valence-corrected chi connectivity index (χ2v) is 6.14. The van der Waals surface area contributed by atoms with Gasteiger partial charge >= 0.3 is 0 Å². The van der Waals surface area contributed by atoms with Gasteiger partial charge in [0.15, 0.2) is 0 Å². The Labute approximate surface area is 96.0 Å². The van der Waals surface area contributed by atoms with Gasteiger partial charge in [0.1, 0.15) is 0 Å². The Hall–Kier alpha value is -0.0400. The van der Waals surface area contributed by atoms with Crippen LogP contribution in [0.5, 0.6) is 0 Å². The van der Waals surface area contributed by atoms with Crippen molar-refractivity contribution in [1.29, 1.82) is 0 Å². The molecule has 0 heterocycles. The molecule has 0 aliphatic heterocycles. The summed E-state index contributed by atoms with van der Waals surface area (Å²) in [5, 5.41) is 3.58. The largest absolute Gasteiger partial charge is 0.316 e. The molecule has 0 aromatic carbocycles. The third-order valence-corrected chi connectivity index (χ3v) is 4.51. The summed E-state index contributed by atoms with van der Waals surface area (Å²) in [5.74, 6) is 1.83. The fourth-order valence-corrected chi connectivity index (χ4v) is 3.27. The lowest BCUT2D eigenvalue weighted by atomic mass is 9.69. The molecule has 1 N–H and O–H groups in total. The molecule has 1 fully saturated rings. The van der Waals surface area contributed by atoms with Crippen LogP contribution in [0.3, 0.4) is 0 Å². The predicted molar refractivity (Wildman–Crippen MR) is 68.0 cm³/mol. The van der Waals surface area contributed by atoms with Crippen molar-refractivity contribution in [1.82, 2.24) is 5.32 Å². The van der Waals surface area contributed by atoms with E-state index in [4.69, 9.17) is 0 Å². The molecule has 3 atom stereocenters. The molecule has 1 aliphatic carbocycles. The molecule has 15 heavy (non-hydrogen) atoms. The molecule has 3 unspecified atom stereocenters. The highest BCUT2D eigenvalue weighted by atomic mass is 14.9. The van der Waals surface area contributed by atoms with Crippen molar-refractivity contribution >= 4 is 0 Å². The molecule has 0 radical (unpaired) electrons. The van der Waals surface area contributed by atoms with Crippen LogP contribution in [0.25, 0.3) is 0 Å². The topological polar surface area (TPSA) is 12.0 Å². The molecular weight excluding hydrogens is 182 g/mol. The Morgan fingerprint density at radius 2 is 2.00 bits per heavy atom. The van der Waals surface area contributed by atoms with Gasteiger partial charge in [-0.05, 0) is 43.6 Å². The molecule has 0 spiro atoms. The molecule has 0 bridgehead atoms. The summed E-state index contributed by atoms with van der Waals surface area (Å²) < 4.78 is 0. The Balaban J connectivity index is 2.65. The Morgan fingerprint density at radius 3 is 2.47 bits per heavy atom. The van der Waals surface area contributed by atoms with Crippen LogP contribution in [0.15, 0.2) is 0 Å². The van der Waals surface area contributed by atoms with Crippen LogP contribution in [-0.4, -0.2) is 13.1 Å². The van der Waals surface area contributed by atoms with Gasteiger partial charge < -0.3 is 5.32 Å². The lowest BCUT2D eigenvalue weighted by Gasteiger charge is -2.42. The van der Waals surface area contributed by atoms with Gasteiger partial charge in [0.05, 0.1) is 0 Å². The van der Waals surface area contributed by atoms with Gasteiger partial charge in [0.25, 0.3) is 0 Å². The molecule has 0 aromatic rings. The Morgan fingerprint density at radius 1 is 1.33 bits per heavy atom. The highest BCUT2D eigenvalue weighted by molar-refractivity contribution is 4.90. The van der Waals surface area contributed by atoms with E-state index in [2.05, 4.69) is 40.1 Å². The van der Waals surface area contributed by atoms with Gasteiger partial charge in [0, 0.05) is 6.04 Å². The van der Waals surface area contributed by atoms with Crippen molar-refractivity contribution in [3.8, 4) is 0 Å². The van der Waals surface area contributed by atoms with Crippen molar-refractivity contribution in [2.75, 3.05) is 7.05 Å². The van der Waals surface area contributed by atoms with Crippen molar-refractivity contribution in [3.05, 3.63) is 0 Å². The minimum atomic E-state index is 0.441. The molecular formula is C14H29N. The van der Waals surface area contributed by atoms with Crippen LogP contribution >= 0.6 is 0 Å². The highest BCUT2D eigenvalue weighted by Crippen LogP contribution is 2.38. The number of rotatable bonds is 4. The molecule has 90 valence electrons. The maximum absolute atomic E-state index is 3.58. The van der Waals surface area contributed by atoms with Crippen molar-refractivity contribution in [2.45, 2.75) is 65.8 Å². The van der Waals surface area contributed by atoms with Gasteiger partial charge in [-0.3, -0.25) is 0 Å². The normalized spacial score (nSPS) is 30.2. The first-order valence-corrected chi connectivity index (χ1v) is 6.68. The zero-order valence-electron chi connectivity index (χ0n) is 11.3. The van der Waals surface area contributed by atoms with E-state index in [0.29, 0.717) is 11.5 Å². The van der Waals surface area contributed by atoms with Crippen LogP contribution in [-0.2, 0) is 0 Å². The molecule has 1 rings (SSSR count). The second kappa shape index (κ2) is 5.34. The van der Waals surface area contributed by atoms with Crippen LogP contribution in [0.4, 0.5) is 0 Å². The fourth-order valence-electron chi connectivity index (χ4n) is 3.27. The Kier molecular flexibility index (Phi) is 4.64. The minimum Gasteiger partial charge on any atom is -0.316 e. The second-order valence-electron chi connectivity index (χ2n) is 6.14. The van der Waals surface area contributed by atoms with E-state index >= 15 is 0 Å². The SMILES string of the molecule is CCC(C)(C)C(NC)C1CCCC(C)C1. The standard InChI is InChI=1S/C14H29N/c1-6-14(3,4)13(15-5)12-9-7-8-11(2)10-12/h11-13,15H,6-10H2,1-5H3. The smallest absolute Gasteiger partial charge is 0.0143 e. The highest BCUT2D eigenvalue weighted by Gasteiger charge is 2.34. The maximum Gasteiger partial charge on any atom is 0.0143 e. The average molecular weight is 211 g/mol. The number of hydrogen-bond acceptors (Lipinski definition) is 1. The molecule has 0 amide bonds. The summed E-state index contributed by atoms with van der Waals surface area (Å²) in [5.41, 5.74) is 0.441. The fraction of sp³-hybridized carbons (Fsp3) is 1.00. The average Bonchev–Trinajstić information content (AvgIpc) is 2.18. The molecule has 1 heteroatoms. The van der Waals surface area contributed by atoms with Crippen molar-refractivity contribution in [2.24, 2.45) is 17.3 Å². The van der Waals surface area contributed by atoms with E-state index in [1.54, 1.807) is 0 Å². The lowest BCUT2D eigenvalue weighted by molar-refractivity contribution is 0.127. The van der Waals surface area contributed by atoms with Gasteiger partial charge in [-0.25, -0.2) is 0 Å². The zero-order chi connectivity index (χ0) is 11.5. The van der Waals surface area contributed by atoms with E-state index in [0.717, 1.165) is 11.8 Å². The molecule has 1 saturated carbocycles. The number of nitrogens with one attached hydrogen (secondary N) is 1. The summed E-state index contributed by atoms with van der Waals surface area (Å²) in [7, 11) is 2.14. The van der Waals surface area contributed by atoms with E-state index in [1.807, 2.05) is 0 Å². The summed E-state index contributed by atoms with van der Waals surface area (Å²) >= 11 is 0. The van der Waals surface area contributed by atoms with Crippen LogP contribution in [0, 0.1) is 17.3 Å². The van der Waals surface area contributed by atoms with E-state index in [9.17, 15) is 0 Å². The van der Waals surface area contributed by atoms with Gasteiger partial charge in [-0.2, -0.15) is 0 Å². The summed E-state index contributed by atoms with van der Waals surface area (Å²) in [4.78, 5) is 0. The molecule has 1 aliphatic rings. The first kappa shape index (κ1) is 13.0. The van der Waals surface area contributed by atoms with Gasteiger partial charge in [0.2, 0.25) is 0 Å². The number of hydrogen-bond donors (Lipinski definition) is 1. The van der Waals surface area contributed by atoms with Crippen molar-refractivity contribution < 1.29 is 0 Å². The van der Waals surface area contributed by atoms with Crippen LogP contribution in [0.1, 0.15) is 59.8 Å². The summed E-state index contributed by atoms with van der Waals surface area (Å²) in [6.45, 7) is 9.55. The predicted octanol–water partition coefficient (Wildman–Crippen LogP) is 3.84. The zero-order valence-corrected chi connectivity index (χ0v) is 11.3. The van der Waals surface area contributed by atoms with Crippen LogP contribution < -0.4 is 5.32 Å². The van der Waals surface area contributed by atoms with E-state index in [1.165, 1.54) is 32.1 Å². The third-order valence-electron chi connectivity index (χ3n) is 4.51. The van der Waals surface area contributed by atoms with Crippen LogP contribution in [0.2, 0.25) is 0 Å². The summed E-state index contributed by atoms with van der Waals surface area (Å²) in [6.07, 6.45) is 7.00. The monoisotopic (exact) mass is 211 g/mol. The summed E-state index contributed by atoms with van der Waals surface area (Å²) in [6, 6.07) is 0.699.